The van der Waals surface area contributed by atoms with Gasteiger partial charge >= 0.3 is 6.18 Å². The van der Waals surface area contributed by atoms with E-state index in [0.29, 0.717) is 17.2 Å². The zero-order valence-corrected chi connectivity index (χ0v) is 16.6. The number of likely N-dealkylation sites (tertiary alicyclic amines) is 1. The van der Waals surface area contributed by atoms with E-state index >= 15 is 0 Å². The van der Waals surface area contributed by atoms with Gasteiger partial charge in [0.15, 0.2) is 0 Å². The Bertz CT molecular complexity index is 889. The highest BCUT2D eigenvalue weighted by Crippen LogP contribution is 2.30. The number of hydrogen-bond donors (Lipinski definition) is 2. The molecule has 2 aromatic carbocycles. The Kier molecular flexibility index (Phi) is 6.64. The van der Waals surface area contributed by atoms with Gasteiger partial charge in [0.25, 0.3) is 5.91 Å². The van der Waals surface area contributed by atoms with Crippen LogP contribution in [-0.4, -0.2) is 36.3 Å². The van der Waals surface area contributed by atoms with Gasteiger partial charge < -0.3 is 15.5 Å². The van der Waals surface area contributed by atoms with Crippen molar-refractivity contribution in [1.29, 1.82) is 0 Å². The molecule has 1 aliphatic heterocycles. The van der Waals surface area contributed by atoms with Crippen molar-refractivity contribution in [3.8, 4) is 0 Å². The monoisotopic (exact) mass is 419 g/mol. The first-order chi connectivity index (χ1) is 14.2. The highest BCUT2D eigenvalue weighted by Gasteiger charge is 2.30. The van der Waals surface area contributed by atoms with E-state index in [4.69, 9.17) is 0 Å². The molecule has 0 radical (unpaired) electrons. The fourth-order valence-corrected chi connectivity index (χ4v) is 3.29. The van der Waals surface area contributed by atoms with Crippen LogP contribution >= 0.6 is 0 Å². The van der Waals surface area contributed by atoms with Crippen LogP contribution in [0.4, 0.5) is 24.5 Å². The molecule has 0 bridgehead atoms. The first kappa shape index (κ1) is 21.7. The van der Waals surface area contributed by atoms with Crippen LogP contribution in [-0.2, 0) is 11.0 Å². The quantitative estimate of drug-likeness (QED) is 0.743. The molecule has 0 saturated carbocycles. The fraction of sp³-hybridized carbons (Fsp3) is 0.364. The van der Waals surface area contributed by atoms with E-state index in [-0.39, 0.29) is 18.1 Å². The molecule has 0 aliphatic carbocycles. The summed E-state index contributed by atoms with van der Waals surface area (Å²) in [6, 6.07) is 11.3. The third kappa shape index (κ3) is 5.75. The first-order valence-corrected chi connectivity index (χ1v) is 9.82. The molecule has 5 nitrogen and oxygen atoms in total. The van der Waals surface area contributed by atoms with E-state index in [1.165, 1.54) is 12.1 Å². The van der Waals surface area contributed by atoms with Crippen molar-refractivity contribution in [3.05, 3.63) is 59.7 Å². The molecule has 1 aliphatic rings. The Morgan fingerprint density at radius 2 is 1.70 bits per heavy atom. The highest BCUT2D eigenvalue weighted by molar-refractivity contribution is 5.95. The van der Waals surface area contributed by atoms with Gasteiger partial charge in [-0.2, -0.15) is 13.2 Å². The number of anilines is 2. The van der Waals surface area contributed by atoms with E-state index in [2.05, 4.69) is 17.6 Å². The van der Waals surface area contributed by atoms with Crippen molar-refractivity contribution < 1.29 is 22.8 Å². The minimum absolute atomic E-state index is 0.00394. The summed E-state index contributed by atoms with van der Waals surface area (Å²) in [5, 5.41) is 5.34. The Morgan fingerprint density at radius 3 is 2.33 bits per heavy atom. The second-order valence-electron chi connectivity index (χ2n) is 7.53. The Hall–Kier alpha value is -3.03. The summed E-state index contributed by atoms with van der Waals surface area (Å²) in [7, 11) is 0. The fourth-order valence-electron chi connectivity index (χ4n) is 3.29. The number of piperidine rings is 1. The molecule has 1 fully saturated rings. The van der Waals surface area contributed by atoms with Crippen molar-refractivity contribution in [1.82, 2.24) is 4.90 Å². The molecule has 1 heterocycles. The first-order valence-electron chi connectivity index (χ1n) is 9.82. The molecule has 0 atom stereocenters. The molecule has 1 saturated heterocycles. The number of nitrogens with zero attached hydrogens (tertiary/aromatic N) is 1. The molecular formula is C22H24F3N3O2. The Balaban J connectivity index is 1.51. The van der Waals surface area contributed by atoms with Crippen molar-refractivity contribution in [3.63, 3.8) is 0 Å². The molecule has 0 unspecified atom stereocenters. The van der Waals surface area contributed by atoms with E-state index in [0.717, 1.165) is 38.1 Å². The lowest BCUT2D eigenvalue weighted by Crippen LogP contribution is -2.37. The van der Waals surface area contributed by atoms with Crippen LogP contribution < -0.4 is 10.6 Å². The number of hydrogen-bond acceptors (Lipinski definition) is 3. The number of nitrogens with one attached hydrogen (secondary N) is 2. The number of halogens is 3. The van der Waals surface area contributed by atoms with Gasteiger partial charge in [0.2, 0.25) is 5.91 Å². The molecule has 8 heteroatoms. The van der Waals surface area contributed by atoms with Gasteiger partial charge in [-0.1, -0.05) is 13.0 Å². The largest absolute Gasteiger partial charge is 0.416 e. The Labute approximate surface area is 173 Å². The average molecular weight is 419 g/mol. The molecule has 0 aromatic heterocycles. The topological polar surface area (TPSA) is 61.4 Å². The summed E-state index contributed by atoms with van der Waals surface area (Å²) in [4.78, 5) is 26.4. The summed E-state index contributed by atoms with van der Waals surface area (Å²) >= 11 is 0. The molecule has 2 amide bonds. The minimum Gasteiger partial charge on any atom is -0.376 e. The lowest BCUT2D eigenvalue weighted by atomic mass is 9.98. The third-order valence-electron chi connectivity index (χ3n) is 5.13. The van der Waals surface area contributed by atoms with Gasteiger partial charge in [-0.3, -0.25) is 9.59 Å². The maximum absolute atomic E-state index is 12.7. The molecular weight excluding hydrogens is 395 g/mol. The molecule has 3 rings (SSSR count). The minimum atomic E-state index is -4.47. The second kappa shape index (κ2) is 9.19. The van der Waals surface area contributed by atoms with E-state index < -0.39 is 17.6 Å². The van der Waals surface area contributed by atoms with Gasteiger partial charge in [-0.15, -0.1) is 0 Å². The number of carbonyl (C=O) groups is 2. The van der Waals surface area contributed by atoms with E-state index in [1.54, 1.807) is 24.3 Å². The average Bonchev–Trinajstić information content (AvgIpc) is 2.72. The molecule has 2 N–H and O–H groups in total. The Morgan fingerprint density at radius 1 is 1.03 bits per heavy atom. The van der Waals surface area contributed by atoms with Crippen LogP contribution in [0.3, 0.4) is 0 Å². The predicted octanol–water partition coefficient (Wildman–Crippen LogP) is 4.63. The smallest absolute Gasteiger partial charge is 0.376 e. The zero-order chi connectivity index (χ0) is 21.7. The summed E-state index contributed by atoms with van der Waals surface area (Å²) in [5.74, 6) is 0.162. The molecule has 0 spiro atoms. The summed E-state index contributed by atoms with van der Waals surface area (Å²) in [6.07, 6.45) is -2.46. The summed E-state index contributed by atoms with van der Waals surface area (Å²) in [6.45, 7) is 3.59. The highest BCUT2D eigenvalue weighted by atomic mass is 19.4. The van der Waals surface area contributed by atoms with Gasteiger partial charge in [-0.05, 0) is 61.2 Å². The molecule has 160 valence electrons. The van der Waals surface area contributed by atoms with Crippen molar-refractivity contribution in [2.75, 3.05) is 30.3 Å². The lowest BCUT2D eigenvalue weighted by Gasteiger charge is -2.30. The van der Waals surface area contributed by atoms with Crippen LogP contribution in [0.15, 0.2) is 48.5 Å². The van der Waals surface area contributed by atoms with Crippen molar-refractivity contribution in [2.24, 2.45) is 5.92 Å². The number of rotatable bonds is 5. The number of carbonyl (C=O) groups excluding carboxylic acids is 2. The summed E-state index contributed by atoms with van der Waals surface area (Å²) < 4.78 is 38.2. The van der Waals surface area contributed by atoms with Gasteiger partial charge in [-0.25, -0.2) is 0 Å². The van der Waals surface area contributed by atoms with Gasteiger partial charge in [0.05, 0.1) is 12.1 Å². The van der Waals surface area contributed by atoms with Crippen molar-refractivity contribution in [2.45, 2.75) is 25.9 Å². The van der Waals surface area contributed by atoms with E-state index in [1.807, 2.05) is 4.90 Å². The normalized spacial score (nSPS) is 15.0. The van der Waals surface area contributed by atoms with Crippen LogP contribution in [0.1, 0.15) is 35.7 Å². The van der Waals surface area contributed by atoms with Gasteiger partial charge in [0, 0.05) is 30.0 Å². The van der Waals surface area contributed by atoms with E-state index in [9.17, 15) is 22.8 Å². The number of amides is 2. The van der Waals surface area contributed by atoms with Crippen LogP contribution in [0.2, 0.25) is 0 Å². The molecule has 30 heavy (non-hydrogen) atoms. The third-order valence-corrected chi connectivity index (χ3v) is 5.13. The zero-order valence-electron chi connectivity index (χ0n) is 16.6. The molecule has 2 aromatic rings. The lowest BCUT2D eigenvalue weighted by molar-refractivity contribution is -0.137. The maximum Gasteiger partial charge on any atom is 0.416 e. The standard InChI is InChI=1S/C22H24F3N3O2/c1-15-9-11-28(12-10-15)21(30)16-5-7-18(8-6-16)26-14-20(29)27-19-4-2-3-17(13-19)22(23,24)25/h2-8,13,15,26H,9-12,14H2,1H3,(H,27,29). The van der Waals surface area contributed by atoms with Crippen molar-refractivity contribution >= 4 is 23.2 Å². The van der Waals surface area contributed by atoms with Gasteiger partial charge in [0.1, 0.15) is 0 Å². The van der Waals surface area contributed by atoms with Crippen LogP contribution in [0.25, 0.3) is 0 Å². The maximum atomic E-state index is 12.7. The summed E-state index contributed by atoms with van der Waals surface area (Å²) in [5.41, 5.74) is 0.478. The SMILES string of the molecule is CC1CCN(C(=O)c2ccc(NCC(=O)Nc3cccc(C(F)(F)F)c3)cc2)CC1. The van der Waals surface area contributed by atoms with Crippen LogP contribution in [0.5, 0.6) is 0 Å². The second-order valence-corrected chi connectivity index (χ2v) is 7.53. The number of alkyl halides is 3. The predicted molar refractivity (Wildman–Crippen MR) is 109 cm³/mol. The number of benzene rings is 2. The van der Waals surface area contributed by atoms with Crippen LogP contribution in [0, 0.1) is 5.92 Å².